The Hall–Kier alpha value is -1.04. The minimum atomic E-state index is 0.421. The SMILES string of the molecule is CC(C)(C)C1CCC=CC1Cc1ccccc1. The molecule has 17 heavy (non-hydrogen) atoms. The van der Waals surface area contributed by atoms with Crippen LogP contribution in [0.4, 0.5) is 0 Å². The molecule has 0 fully saturated rings. The van der Waals surface area contributed by atoms with E-state index in [9.17, 15) is 0 Å². The maximum atomic E-state index is 2.45. The van der Waals surface area contributed by atoms with Crippen LogP contribution in [0, 0.1) is 17.3 Å². The van der Waals surface area contributed by atoms with Crippen LogP contribution in [0.3, 0.4) is 0 Å². The zero-order valence-electron chi connectivity index (χ0n) is 11.3. The summed E-state index contributed by atoms with van der Waals surface area (Å²) in [4.78, 5) is 0. The van der Waals surface area contributed by atoms with Gasteiger partial charge < -0.3 is 0 Å². The molecule has 0 spiro atoms. The lowest BCUT2D eigenvalue weighted by molar-refractivity contribution is 0.165. The molecular formula is C17H24. The van der Waals surface area contributed by atoms with Gasteiger partial charge in [0.15, 0.2) is 0 Å². The molecule has 1 aromatic rings. The third kappa shape index (κ3) is 3.21. The molecule has 0 aromatic heterocycles. The van der Waals surface area contributed by atoms with Crippen LogP contribution in [0.25, 0.3) is 0 Å². The van der Waals surface area contributed by atoms with E-state index in [0.717, 1.165) is 5.92 Å². The van der Waals surface area contributed by atoms with Gasteiger partial charge in [0.2, 0.25) is 0 Å². The summed E-state index contributed by atoms with van der Waals surface area (Å²) in [6, 6.07) is 10.9. The molecule has 0 radical (unpaired) electrons. The summed E-state index contributed by atoms with van der Waals surface area (Å²) < 4.78 is 0. The van der Waals surface area contributed by atoms with E-state index in [-0.39, 0.29) is 0 Å². The predicted octanol–water partition coefficient (Wildman–Crippen LogP) is 4.86. The summed E-state index contributed by atoms with van der Waals surface area (Å²) >= 11 is 0. The average Bonchev–Trinajstić information content (AvgIpc) is 2.30. The van der Waals surface area contributed by atoms with Crippen molar-refractivity contribution in [3.8, 4) is 0 Å². The number of allylic oxidation sites excluding steroid dienone is 2. The van der Waals surface area contributed by atoms with Crippen LogP contribution in [0.2, 0.25) is 0 Å². The summed E-state index contributed by atoms with van der Waals surface area (Å²) in [5, 5.41) is 0. The van der Waals surface area contributed by atoms with E-state index in [1.54, 1.807) is 0 Å². The van der Waals surface area contributed by atoms with Gasteiger partial charge in [-0.3, -0.25) is 0 Å². The zero-order valence-corrected chi connectivity index (χ0v) is 11.3. The Balaban J connectivity index is 2.12. The van der Waals surface area contributed by atoms with Crippen molar-refractivity contribution < 1.29 is 0 Å². The second-order valence-corrected chi connectivity index (χ2v) is 6.33. The minimum Gasteiger partial charge on any atom is -0.0882 e. The summed E-state index contributed by atoms with van der Waals surface area (Å²) in [6.07, 6.45) is 8.62. The van der Waals surface area contributed by atoms with Gasteiger partial charge in [0.1, 0.15) is 0 Å². The first-order valence-corrected chi connectivity index (χ1v) is 6.78. The molecule has 2 rings (SSSR count). The maximum Gasteiger partial charge on any atom is -0.0160 e. The van der Waals surface area contributed by atoms with E-state index in [0.29, 0.717) is 11.3 Å². The fourth-order valence-corrected chi connectivity index (χ4v) is 3.07. The van der Waals surface area contributed by atoms with E-state index in [1.165, 1.54) is 24.8 Å². The van der Waals surface area contributed by atoms with Crippen LogP contribution < -0.4 is 0 Å². The Morgan fingerprint density at radius 1 is 1.12 bits per heavy atom. The molecular weight excluding hydrogens is 204 g/mol. The molecule has 1 aromatic carbocycles. The Bertz CT molecular complexity index is 367. The Labute approximate surface area is 106 Å². The second-order valence-electron chi connectivity index (χ2n) is 6.33. The van der Waals surface area contributed by atoms with Gasteiger partial charge in [-0.05, 0) is 42.1 Å². The molecule has 0 heteroatoms. The molecule has 0 nitrogen and oxygen atoms in total. The highest BCUT2D eigenvalue weighted by Crippen LogP contribution is 2.40. The van der Waals surface area contributed by atoms with Crippen LogP contribution in [0.15, 0.2) is 42.5 Å². The maximum absolute atomic E-state index is 2.45. The first-order valence-electron chi connectivity index (χ1n) is 6.78. The Kier molecular flexibility index (Phi) is 3.71. The van der Waals surface area contributed by atoms with Crippen molar-refractivity contribution in [1.82, 2.24) is 0 Å². The van der Waals surface area contributed by atoms with E-state index in [1.807, 2.05) is 0 Å². The molecule has 0 bridgehead atoms. The lowest BCUT2D eigenvalue weighted by Crippen LogP contribution is -2.30. The van der Waals surface area contributed by atoms with Crippen molar-refractivity contribution in [3.63, 3.8) is 0 Å². The number of hydrogen-bond acceptors (Lipinski definition) is 0. The first-order chi connectivity index (χ1) is 8.07. The monoisotopic (exact) mass is 228 g/mol. The van der Waals surface area contributed by atoms with Crippen molar-refractivity contribution in [3.05, 3.63) is 48.0 Å². The highest BCUT2D eigenvalue weighted by molar-refractivity contribution is 5.17. The summed E-state index contributed by atoms with van der Waals surface area (Å²) in [7, 11) is 0. The number of rotatable bonds is 2. The van der Waals surface area contributed by atoms with Gasteiger partial charge in [0.25, 0.3) is 0 Å². The van der Waals surface area contributed by atoms with E-state index < -0.39 is 0 Å². The third-order valence-corrected chi connectivity index (χ3v) is 3.97. The lowest BCUT2D eigenvalue weighted by Gasteiger charge is -2.38. The van der Waals surface area contributed by atoms with Gasteiger partial charge in [-0.25, -0.2) is 0 Å². The molecule has 2 atom stereocenters. The van der Waals surface area contributed by atoms with E-state index in [2.05, 4.69) is 63.3 Å². The summed E-state index contributed by atoms with van der Waals surface area (Å²) in [5.74, 6) is 1.53. The summed E-state index contributed by atoms with van der Waals surface area (Å²) in [6.45, 7) is 7.15. The van der Waals surface area contributed by atoms with Crippen LogP contribution in [-0.2, 0) is 6.42 Å². The highest BCUT2D eigenvalue weighted by atomic mass is 14.4. The molecule has 2 unspecified atom stereocenters. The van der Waals surface area contributed by atoms with Crippen molar-refractivity contribution in [1.29, 1.82) is 0 Å². The van der Waals surface area contributed by atoms with Crippen LogP contribution in [-0.4, -0.2) is 0 Å². The van der Waals surface area contributed by atoms with Crippen LogP contribution in [0.1, 0.15) is 39.2 Å². The molecule has 0 N–H and O–H groups in total. The predicted molar refractivity (Wildman–Crippen MR) is 75.0 cm³/mol. The first kappa shape index (κ1) is 12.4. The largest absolute Gasteiger partial charge is 0.0882 e. The van der Waals surface area contributed by atoms with Crippen LogP contribution >= 0.6 is 0 Å². The standard InChI is InChI=1S/C17H24/c1-17(2,3)16-12-8-7-11-15(16)13-14-9-5-4-6-10-14/h4-7,9-11,15-16H,8,12-13H2,1-3H3. The number of hydrogen-bond donors (Lipinski definition) is 0. The van der Waals surface area contributed by atoms with Gasteiger partial charge in [0, 0.05) is 0 Å². The molecule has 92 valence electrons. The third-order valence-electron chi connectivity index (χ3n) is 3.97. The fraction of sp³-hybridized carbons (Fsp3) is 0.529. The smallest absolute Gasteiger partial charge is 0.0160 e. The summed E-state index contributed by atoms with van der Waals surface area (Å²) in [5.41, 5.74) is 1.89. The highest BCUT2D eigenvalue weighted by Gasteiger charge is 2.31. The molecule has 0 heterocycles. The molecule has 1 aliphatic rings. The molecule has 1 aliphatic carbocycles. The normalized spacial score (nSPS) is 24.9. The Morgan fingerprint density at radius 2 is 1.82 bits per heavy atom. The second kappa shape index (κ2) is 5.08. The topological polar surface area (TPSA) is 0 Å². The fourth-order valence-electron chi connectivity index (χ4n) is 3.07. The Morgan fingerprint density at radius 3 is 2.47 bits per heavy atom. The average molecular weight is 228 g/mol. The van der Waals surface area contributed by atoms with Crippen molar-refractivity contribution in [2.24, 2.45) is 17.3 Å². The number of benzene rings is 1. The van der Waals surface area contributed by atoms with Gasteiger partial charge in [-0.15, -0.1) is 0 Å². The molecule has 0 saturated heterocycles. The van der Waals surface area contributed by atoms with Gasteiger partial charge >= 0.3 is 0 Å². The van der Waals surface area contributed by atoms with Crippen LogP contribution in [0.5, 0.6) is 0 Å². The minimum absolute atomic E-state index is 0.421. The van der Waals surface area contributed by atoms with E-state index >= 15 is 0 Å². The van der Waals surface area contributed by atoms with Crippen molar-refractivity contribution in [2.75, 3.05) is 0 Å². The van der Waals surface area contributed by atoms with Gasteiger partial charge in [-0.2, -0.15) is 0 Å². The zero-order chi connectivity index (χ0) is 12.3. The lowest BCUT2D eigenvalue weighted by atomic mass is 9.67. The molecule has 0 saturated carbocycles. The molecule has 0 aliphatic heterocycles. The van der Waals surface area contributed by atoms with Crippen molar-refractivity contribution in [2.45, 2.75) is 40.0 Å². The van der Waals surface area contributed by atoms with E-state index in [4.69, 9.17) is 0 Å². The molecule has 0 amide bonds. The van der Waals surface area contributed by atoms with Gasteiger partial charge in [0.05, 0.1) is 0 Å². The van der Waals surface area contributed by atoms with Gasteiger partial charge in [-0.1, -0.05) is 63.3 Å². The van der Waals surface area contributed by atoms with Crippen molar-refractivity contribution >= 4 is 0 Å². The quantitative estimate of drug-likeness (QED) is 0.634.